The first-order valence-electron chi connectivity index (χ1n) is 25.4. The van der Waals surface area contributed by atoms with Crippen molar-refractivity contribution >= 4 is 11.9 Å². The standard InChI is InChI=1S/C53H97NO5/c1-4-7-10-13-16-19-22-24-26-28-31-34-37-40-43-46-53(58)59-49(44-41-38-35-32-30-27-25-23-20-17-14-11-8-5-2)47-52(57)54-50(48-55)51(56)45-42-39-36-33-29-21-18-15-12-9-6-3/h7,10,13,16,19,22,27,30,49-51,55-56H,4-6,8-9,11-12,14-15,17-18,20-21,23-26,28-29,31-48H2,1-3H3,(H,54,57)/b10-7+,16-13+,22-19+,30-27+. The summed E-state index contributed by atoms with van der Waals surface area (Å²) in [5.41, 5.74) is 0. The van der Waals surface area contributed by atoms with Crippen LogP contribution >= 0.6 is 0 Å². The highest BCUT2D eigenvalue weighted by molar-refractivity contribution is 5.77. The molecule has 0 bridgehead atoms. The molecule has 0 aliphatic carbocycles. The van der Waals surface area contributed by atoms with Crippen molar-refractivity contribution in [3.05, 3.63) is 48.6 Å². The zero-order chi connectivity index (χ0) is 43.1. The molecule has 0 saturated heterocycles. The molecule has 344 valence electrons. The molecule has 6 heteroatoms. The van der Waals surface area contributed by atoms with Crippen LogP contribution in [0.4, 0.5) is 0 Å². The van der Waals surface area contributed by atoms with E-state index in [1.54, 1.807) is 0 Å². The normalized spacial score (nSPS) is 13.6. The van der Waals surface area contributed by atoms with Crippen LogP contribution in [0.1, 0.15) is 252 Å². The second kappa shape index (κ2) is 46.9. The molecule has 59 heavy (non-hydrogen) atoms. The number of aliphatic hydroxyl groups excluding tert-OH is 2. The lowest BCUT2D eigenvalue weighted by Gasteiger charge is -2.24. The number of unbranched alkanes of at least 4 members (excludes halogenated alkanes) is 27. The van der Waals surface area contributed by atoms with Gasteiger partial charge in [0.1, 0.15) is 6.10 Å². The zero-order valence-corrected chi connectivity index (χ0v) is 39.1. The maximum absolute atomic E-state index is 13.2. The van der Waals surface area contributed by atoms with E-state index in [1.165, 1.54) is 122 Å². The highest BCUT2D eigenvalue weighted by Gasteiger charge is 2.24. The van der Waals surface area contributed by atoms with Crippen LogP contribution in [0.25, 0.3) is 0 Å². The lowest BCUT2D eigenvalue weighted by molar-refractivity contribution is -0.151. The van der Waals surface area contributed by atoms with Gasteiger partial charge in [0.2, 0.25) is 5.91 Å². The third-order valence-electron chi connectivity index (χ3n) is 11.5. The van der Waals surface area contributed by atoms with Crippen molar-refractivity contribution in [2.45, 2.75) is 270 Å². The summed E-state index contributed by atoms with van der Waals surface area (Å²) >= 11 is 0. The molecule has 3 atom stereocenters. The molecular formula is C53H97NO5. The maximum Gasteiger partial charge on any atom is 0.306 e. The van der Waals surface area contributed by atoms with Crippen LogP contribution in [0.5, 0.6) is 0 Å². The van der Waals surface area contributed by atoms with Gasteiger partial charge in [0, 0.05) is 6.42 Å². The van der Waals surface area contributed by atoms with Gasteiger partial charge in [-0.15, -0.1) is 0 Å². The second-order valence-electron chi connectivity index (χ2n) is 17.2. The van der Waals surface area contributed by atoms with Gasteiger partial charge in [-0.25, -0.2) is 0 Å². The van der Waals surface area contributed by atoms with Crippen molar-refractivity contribution < 1.29 is 24.5 Å². The number of aliphatic hydroxyl groups is 2. The van der Waals surface area contributed by atoms with E-state index in [4.69, 9.17) is 4.74 Å². The van der Waals surface area contributed by atoms with E-state index in [1.807, 2.05) is 0 Å². The second-order valence-corrected chi connectivity index (χ2v) is 17.2. The Morgan fingerprint density at radius 1 is 0.508 bits per heavy atom. The van der Waals surface area contributed by atoms with Gasteiger partial charge in [-0.2, -0.15) is 0 Å². The predicted molar refractivity (Wildman–Crippen MR) is 255 cm³/mol. The zero-order valence-electron chi connectivity index (χ0n) is 39.1. The topological polar surface area (TPSA) is 95.9 Å². The Morgan fingerprint density at radius 3 is 1.44 bits per heavy atom. The van der Waals surface area contributed by atoms with E-state index in [2.05, 4.69) is 74.7 Å². The number of ether oxygens (including phenoxy) is 1. The van der Waals surface area contributed by atoms with E-state index < -0.39 is 18.2 Å². The Bertz CT molecular complexity index is 1020. The van der Waals surface area contributed by atoms with Gasteiger partial charge in [-0.05, 0) is 70.6 Å². The molecule has 0 heterocycles. The minimum atomic E-state index is -0.792. The summed E-state index contributed by atoms with van der Waals surface area (Å²) in [7, 11) is 0. The smallest absolute Gasteiger partial charge is 0.306 e. The minimum Gasteiger partial charge on any atom is -0.462 e. The summed E-state index contributed by atoms with van der Waals surface area (Å²) in [6.45, 7) is 6.34. The van der Waals surface area contributed by atoms with E-state index in [9.17, 15) is 19.8 Å². The van der Waals surface area contributed by atoms with Gasteiger partial charge in [0.25, 0.3) is 0 Å². The molecule has 0 aliphatic rings. The first-order chi connectivity index (χ1) is 29.0. The number of carbonyl (C=O) groups is 2. The Kier molecular flexibility index (Phi) is 45.1. The van der Waals surface area contributed by atoms with Gasteiger partial charge in [-0.1, -0.05) is 217 Å². The molecule has 6 nitrogen and oxygen atoms in total. The fourth-order valence-electron chi connectivity index (χ4n) is 7.60. The van der Waals surface area contributed by atoms with Crippen LogP contribution in [-0.2, 0) is 14.3 Å². The predicted octanol–water partition coefficient (Wildman–Crippen LogP) is 15.1. The van der Waals surface area contributed by atoms with Crippen LogP contribution in [-0.4, -0.2) is 46.9 Å². The number of hydrogen-bond donors (Lipinski definition) is 3. The lowest BCUT2D eigenvalue weighted by Crippen LogP contribution is -2.46. The molecular weight excluding hydrogens is 731 g/mol. The van der Waals surface area contributed by atoms with Crippen molar-refractivity contribution in [3.63, 3.8) is 0 Å². The van der Waals surface area contributed by atoms with Crippen LogP contribution < -0.4 is 5.32 Å². The minimum absolute atomic E-state index is 0.0626. The maximum atomic E-state index is 13.2. The van der Waals surface area contributed by atoms with Gasteiger partial charge >= 0.3 is 5.97 Å². The molecule has 3 N–H and O–H groups in total. The van der Waals surface area contributed by atoms with Crippen LogP contribution in [0.2, 0.25) is 0 Å². The van der Waals surface area contributed by atoms with Crippen molar-refractivity contribution in [1.29, 1.82) is 0 Å². The average Bonchev–Trinajstić information content (AvgIpc) is 3.23. The fraction of sp³-hybridized carbons (Fsp3) is 0.811. The molecule has 0 radical (unpaired) electrons. The number of rotatable bonds is 45. The van der Waals surface area contributed by atoms with Crippen molar-refractivity contribution in [1.82, 2.24) is 5.32 Å². The lowest BCUT2D eigenvalue weighted by atomic mass is 10.0. The van der Waals surface area contributed by atoms with Crippen LogP contribution in [0, 0.1) is 0 Å². The van der Waals surface area contributed by atoms with Crippen molar-refractivity contribution in [3.8, 4) is 0 Å². The van der Waals surface area contributed by atoms with Gasteiger partial charge in [-0.3, -0.25) is 9.59 Å². The first-order valence-corrected chi connectivity index (χ1v) is 25.4. The van der Waals surface area contributed by atoms with E-state index >= 15 is 0 Å². The molecule has 0 aromatic carbocycles. The first kappa shape index (κ1) is 56.8. The number of hydrogen-bond acceptors (Lipinski definition) is 5. The summed E-state index contributed by atoms with van der Waals surface area (Å²) in [5, 5.41) is 23.7. The summed E-state index contributed by atoms with van der Waals surface area (Å²) in [6.07, 6.45) is 56.0. The molecule has 1 amide bonds. The summed E-state index contributed by atoms with van der Waals surface area (Å²) < 4.78 is 5.92. The van der Waals surface area contributed by atoms with Crippen molar-refractivity contribution in [2.24, 2.45) is 0 Å². The summed E-state index contributed by atoms with van der Waals surface area (Å²) in [4.78, 5) is 26.1. The van der Waals surface area contributed by atoms with E-state index in [-0.39, 0.29) is 24.9 Å². The van der Waals surface area contributed by atoms with Gasteiger partial charge in [0.15, 0.2) is 0 Å². The molecule has 0 aliphatic heterocycles. The SMILES string of the molecule is CC/C=C/C=C/C=C/CCCCCCCCCC(=O)OC(CCCCC/C=C/CCCCCCCCC)CC(=O)NC(CO)C(O)CCCCCCCCCCCCC. The van der Waals surface area contributed by atoms with Crippen molar-refractivity contribution in [2.75, 3.05) is 6.61 Å². The summed E-state index contributed by atoms with van der Waals surface area (Å²) in [5.74, 6) is -0.499. The van der Waals surface area contributed by atoms with Crippen LogP contribution in [0.15, 0.2) is 48.6 Å². The third kappa shape index (κ3) is 42.3. The Balaban J connectivity index is 4.62. The largest absolute Gasteiger partial charge is 0.462 e. The molecule has 0 aromatic heterocycles. The number of carbonyl (C=O) groups excluding carboxylic acids is 2. The Labute approximate surface area is 366 Å². The van der Waals surface area contributed by atoms with E-state index in [0.29, 0.717) is 19.3 Å². The monoisotopic (exact) mass is 828 g/mol. The van der Waals surface area contributed by atoms with Gasteiger partial charge < -0.3 is 20.3 Å². The molecule has 0 rings (SSSR count). The van der Waals surface area contributed by atoms with Crippen LogP contribution in [0.3, 0.4) is 0 Å². The third-order valence-corrected chi connectivity index (χ3v) is 11.5. The molecule has 3 unspecified atom stereocenters. The molecule has 0 aromatic rings. The summed E-state index contributed by atoms with van der Waals surface area (Å²) in [6, 6.07) is -0.707. The molecule has 0 spiro atoms. The quantitative estimate of drug-likeness (QED) is 0.0246. The highest BCUT2D eigenvalue weighted by atomic mass is 16.5. The Hall–Kier alpha value is -2.18. The van der Waals surface area contributed by atoms with E-state index in [0.717, 1.165) is 83.5 Å². The average molecular weight is 828 g/mol. The number of esters is 1. The number of amides is 1. The molecule has 0 saturated carbocycles. The number of nitrogens with one attached hydrogen (secondary N) is 1. The number of allylic oxidation sites excluding steroid dienone is 8. The fourth-order valence-corrected chi connectivity index (χ4v) is 7.60. The molecule has 0 fully saturated rings. The highest BCUT2D eigenvalue weighted by Crippen LogP contribution is 2.17. The Morgan fingerprint density at radius 2 is 0.932 bits per heavy atom. The van der Waals surface area contributed by atoms with Gasteiger partial charge in [0.05, 0.1) is 25.2 Å².